The molecule has 7 heteroatoms. The van der Waals surface area contributed by atoms with Crippen LogP contribution in [0.4, 0.5) is 22.1 Å². The first kappa shape index (κ1) is 19.0. The zero-order valence-electron chi connectivity index (χ0n) is 15.8. The van der Waals surface area contributed by atoms with Crippen molar-refractivity contribution in [1.82, 2.24) is 0 Å². The maximum absolute atomic E-state index is 12.4. The van der Waals surface area contributed by atoms with Gasteiger partial charge in [0.05, 0.1) is 17.1 Å². The summed E-state index contributed by atoms with van der Waals surface area (Å²) in [5.74, 6) is -0.00992. The summed E-state index contributed by atoms with van der Waals surface area (Å²) in [5, 5.41) is 6.46. The second-order valence-corrected chi connectivity index (χ2v) is 8.31. The lowest BCUT2D eigenvalue weighted by Gasteiger charge is -2.08. The van der Waals surface area contributed by atoms with Crippen molar-refractivity contribution in [2.75, 3.05) is 22.1 Å². The normalized spacial score (nSPS) is 13.1. The lowest BCUT2D eigenvalue weighted by molar-refractivity contribution is -0.117. The highest BCUT2D eigenvalue weighted by Gasteiger charge is 2.30. The number of para-hydroxylation sites is 2. The number of amides is 2. The number of anilines is 4. The number of thiophene rings is 1. The third kappa shape index (κ3) is 4.57. The van der Waals surface area contributed by atoms with Gasteiger partial charge in [-0.05, 0) is 48.7 Å². The molecule has 6 N–H and O–H groups in total. The van der Waals surface area contributed by atoms with E-state index in [2.05, 4.69) is 10.6 Å². The van der Waals surface area contributed by atoms with Crippen LogP contribution in [0, 0.1) is 5.92 Å². The molecule has 1 aliphatic carbocycles. The van der Waals surface area contributed by atoms with E-state index in [0.717, 1.165) is 23.3 Å². The number of nitrogens with two attached hydrogens (primary N) is 2. The van der Waals surface area contributed by atoms with Crippen molar-refractivity contribution in [3.05, 3.63) is 70.6 Å². The number of carbonyl (C=O) groups is 2. The highest BCUT2D eigenvalue weighted by Crippen LogP contribution is 2.35. The molecule has 0 atom stereocenters. The third-order valence-corrected chi connectivity index (χ3v) is 5.87. The van der Waals surface area contributed by atoms with Gasteiger partial charge in [0.1, 0.15) is 5.00 Å². The van der Waals surface area contributed by atoms with Crippen LogP contribution in [0.2, 0.25) is 0 Å². The summed E-state index contributed by atoms with van der Waals surface area (Å²) in [6, 6.07) is 16.5. The fraction of sp³-hybridized carbons (Fsp3) is 0.182. The van der Waals surface area contributed by atoms with Gasteiger partial charge in [-0.2, -0.15) is 0 Å². The molecular formula is C22H22N4O2S. The molecule has 1 aromatic heterocycles. The zero-order chi connectivity index (χ0) is 20.4. The van der Waals surface area contributed by atoms with Crippen molar-refractivity contribution in [3.8, 4) is 0 Å². The Hall–Kier alpha value is -3.32. The fourth-order valence-electron chi connectivity index (χ4n) is 2.98. The maximum atomic E-state index is 12.4. The van der Waals surface area contributed by atoms with Crippen LogP contribution in [0.3, 0.4) is 0 Å². The number of carbonyl (C=O) groups excluding carboxylic acids is 2. The second kappa shape index (κ2) is 7.97. The summed E-state index contributed by atoms with van der Waals surface area (Å²) >= 11 is 1.49. The van der Waals surface area contributed by atoms with Gasteiger partial charge in [-0.1, -0.05) is 24.3 Å². The molecule has 1 fully saturated rings. The van der Waals surface area contributed by atoms with E-state index in [9.17, 15) is 9.59 Å². The molecule has 0 aliphatic heterocycles. The van der Waals surface area contributed by atoms with Crippen LogP contribution >= 0.6 is 11.3 Å². The van der Waals surface area contributed by atoms with E-state index in [4.69, 9.17) is 11.5 Å². The highest BCUT2D eigenvalue weighted by molar-refractivity contribution is 7.17. The summed E-state index contributed by atoms with van der Waals surface area (Å²) in [6.07, 6.45) is 2.60. The molecule has 2 aromatic carbocycles. The molecule has 1 heterocycles. The first-order valence-corrected chi connectivity index (χ1v) is 10.2. The molecule has 0 spiro atoms. The average Bonchev–Trinajstić information content (AvgIpc) is 3.50. The number of benzene rings is 2. The van der Waals surface area contributed by atoms with Crippen molar-refractivity contribution in [2.45, 2.75) is 19.3 Å². The fourth-order valence-corrected chi connectivity index (χ4v) is 4.00. The van der Waals surface area contributed by atoms with E-state index >= 15 is 0 Å². The molecule has 1 saturated carbocycles. The van der Waals surface area contributed by atoms with Gasteiger partial charge in [-0.3, -0.25) is 9.59 Å². The van der Waals surface area contributed by atoms with Gasteiger partial charge in [0, 0.05) is 22.8 Å². The van der Waals surface area contributed by atoms with Crippen LogP contribution in [0.15, 0.2) is 54.6 Å². The van der Waals surface area contributed by atoms with Crippen molar-refractivity contribution < 1.29 is 9.59 Å². The minimum Gasteiger partial charge on any atom is -0.397 e. The van der Waals surface area contributed by atoms with Gasteiger partial charge < -0.3 is 22.1 Å². The van der Waals surface area contributed by atoms with E-state index < -0.39 is 0 Å². The quantitative estimate of drug-likeness (QED) is 0.462. The summed E-state index contributed by atoms with van der Waals surface area (Å²) in [5.41, 5.74) is 15.2. The number of hydrogen-bond acceptors (Lipinski definition) is 5. The average molecular weight is 407 g/mol. The molecule has 1 aliphatic rings. The van der Waals surface area contributed by atoms with Crippen LogP contribution in [-0.2, 0) is 11.2 Å². The third-order valence-electron chi connectivity index (χ3n) is 4.80. The molecule has 148 valence electrons. The van der Waals surface area contributed by atoms with E-state index in [1.165, 1.54) is 11.3 Å². The van der Waals surface area contributed by atoms with Gasteiger partial charge >= 0.3 is 0 Å². The number of nitrogen functional groups attached to an aromatic ring is 2. The molecule has 0 bridgehead atoms. The predicted molar refractivity (Wildman–Crippen MR) is 118 cm³/mol. The van der Waals surface area contributed by atoms with E-state index in [0.29, 0.717) is 34.0 Å². The van der Waals surface area contributed by atoms with Crippen LogP contribution in [0.25, 0.3) is 0 Å². The Morgan fingerprint density at radius 2 is 1.69 bits per heavy atom. The number of hydrogen-bond donors (Lipinski definition) is 4. The summed E-state index contributed by atoms with van der Waals surface area (Å²) in [7, 11) is 0. The van der Waals surface area contributed by atoms with E-state index in [1.807, 2.05) is 30.3 Å². The molecular weight excluding hydrogens is 384 g/mol. The minimum atomic E-state index is -0.208. The van der Waals surface area contributed by atoms with Crippen molar-refractivity contribution in [3.63, 3.8) is 0 Å². The van der Waals surface area contributed by atoms with Gasteiger partial charge in [0.15, 0.2) is 0 Å². The minimum absolute atomic E-state index is 0.0551. The second-order valence-electron chi connectivity index (χ2n) is 7.18. The van der Waals surface area contributed by atoms with Crippen LogP contribution in [0.5, 0.6) is 0 Å². The summed E-state index contributed by atoms with van der Waals surface area (Å²) < 4.78 is 0. The van der Waals surface area contributed by atoms with Crippen molar-refractivity contribution >= 4 is 45.2 Å². The van der Waals surface area contributed by atoms with Crippen LogP contribution < -0.4 is 22.1 Å². The molecule has 3 aromatic rings. The lowest BCUT2D eigenvalue weighted by atomic mass is 10.1. The monoisotopic (exact) mass is 406 g/mol. The molecule has 0 radical (unpaired) electrons. The van der Waals surface area contributed by atoms with E-state index in [-0.39, 0.29) is 17.7 Å². The summed E-state index contributed by atoms with van der Waals surface area (Å²) in [4.78, 5) is 25.4. The number of rotatable bonds is 6. The van der Waals surface area contributed by atoms with Crippen molar-refractivity contribution in [2.24, 2.45) is 5.92 Å². The molecule has 6 nitrogen and oxygen atoms in total. The van der Waals surface area contributed by atoms with Gasteiger partial charge in [0.2, 0.25) is 5.91 Å². The smallest absolute Gasteiger partial charge is 0.255 e. The van der Waals surface area contributed by atoms with E-state index in [1.54, 1.807) is 24.3 Å². The Kier molecular flexibility index (Phi) is 5.22. The molecule has 29 heavy (non-hydrogen) atoms. The highest BCUT2D eigenvalue weighted by atomic mass is 32.1. The SMILES string of the molecule is Nc1ccccc1NC(=O)c1ccc(Cc2cc(N)c(NC(=O)C3CC3)s2)cc1. The first-order chi connectivity index (χ1) is 14.0. The summed E-state index contributed by atoms with van der Waals surface area (Å²) in [6.45, 7) is 0. The number of nitrogens with one attached hydrogen (secondary N) is 2. The Balaban J connectivity index is 1.40. The predicted octanol–water partition coefficient (Wildman–Crippen LogP) is 4.10. The zero-order valence-corrected chi connectivity index (χ0v) is 16.6. The van der Waals surface area contributed by atoms with Crippen LogP contribution in [-0.4, -0.2) is 11.8 Å². The molecule has 4 rings (SSSR count). The Morgan fingerprint density at radius 1 is 0.966 bits per heavy atom. The topological polar surface area (TPSA) is 110 Å². The van der Waals surface area contributed by atoms with Gasteiger partial charge in [-0.15, -0.1) is 11.3 Å². The lowest BCUT2D eigenvalue weighted by Crippen LogP contribution is -2.13. The van der Waals surface area contributed by atoms with Crippen molar-refractivity contribution in [1.29, 1.82) is 0 Å². The molecule has 0 unspecified atom stereocenters. The largest absolute Gasteiger partial charge is 0.397 e. The van der Waals surface area contributed by atoms with Crippen LogP contribution in [0.1, 0.15) is 33.6 Å². The Bertz CT molecular complexity index is 1050. The standard InChI is InChI=1S/C22H22N4O2S/c23-17-3-1-2-4-19(17)25-20(27)14-7-5-13(6-8-14)11-16-12-18(24)22(29-16)26-21(28)15-9-10-15/h1-8,12,15H,9-11,23-24H2,(H,25,27)(H,26,28). The first-order valence-electron chi connectivity index (χ1n) is 9.43. The molecule has 2 amide bonds. The van der Waals surface area contributed by atoms with Gasteiger partial charge in [-0.25, -0.2) is 0 Å². The maximum Gasteiger partial charge on any atom is 0.255 e. The molecule has 0 saturated heterocycles. The Morgan fingerprint density at radius 3 is 2.38 bits per heavy atom. The Labute approximate surface area is 172 Å². The van der Waals surface area contributed by atoms with Gasteiger partial charge in [0.25, 0.3) is 5.91 Å².